The van der Waals surface area contributed by atoms with Crippen molar-refractivity contribution in [3.8, 4) is 0 Å². The quantitative estimate of drug-likeness (QED) is 0.130. The molecule has 0 aliphatic carbocycles. The van der Waals surface area contributed by atoms with Crippen LogP contribution >= 0.6 is 0 Å². The second-order valence-electron chi connectivity index (χ2n) is 9.35. The minimum Gasteiger partial charge on any atom is -0.481 e. The Balaban J connectivity index is 3.90. The second kappa shape index (κ2) is 18.0. The topological polar surface area (TPSA) is 83.8 Å². The Morgan fingerprint density at radius 1 is 0.903 bits per heavy atom. The molecule has 0 aromatic heterocycles. The fourth-order valence-electron chi connectivity index (χ4n) is 3.32. The minimum atomic E-state index is -0.996. The number of aliphatic carboxylic acids is 1. The predicted molar refractivity (Wildman–Crippen MR) is 126 cm³/mol. The Morgan fingerprint density at radius 2 is 1.52 bits per heavy atom. The zero-order chi connectivity index (χ0) is 23.5. The Bertz CT molecular complexity index is 537. The first kappa shape index (κ1) is 29.3. The normalized spacial score (nSPS) is 14.2. The third-order valence-corrected chi connectivity index (χ3v) is 4.84. The molecule has 0 saturated heterocycles. The molecule has 0 amide bonds. The Hall–Kier alpha value is -1.66. The van der Waals surface area contributed by atoms with Crippen molar-refractivity contribution in [2.24, 2.45) is 0 Å². The van der Waals surface area contributed by atoms with Gasteiger partial charge < -0.3 is 19.4 Å². The van der Waals surface area contributed by atoms with Crippen LogP contribution in [-0.2, 0) is 14.3 Å². The lowest BCUT2D eigenvalue weighted by molar-refractivity contribution is -0.873. The molecular weight excluding hydrogens is 394 g/mol. The van der Waals surface area contributed by atoms with E-state index in [9.17, 15) is 14.7 Å². The van der Waals surface area contributed by atoms with Gasteiger partial charge >= 0.3 is 11.9 Å². The van der Waals surface area contributed by atoms with Crippen molar-refractivity contribution in [3.63, 3.8) is 0 Å². The van der Waals surface area contributed by atoms with Crippen LogP contribution in [0.25, 0.3) is 0 Å². The molecule has 0 aromatic rings. The van der Waals surface area contributed by atoms with Crippen molar-refractivity contribution in [2.75, 3.05) is 27.7 Å². The largest absolute Gasteiger partial charge is 0.481 e. The second-order valence-corrected chi connectivity index (χ2v) is 9.35. The van der Waals surface area contributed by atoms with Gasteiger partial charge in [0.1, 0.15) is 6.54 Å². The Kier molecular flexibility index (Phi) is 17.0. The van der Waals surface area contributed by atoms with Crippen LogP contribution in [0.1, 0.15) is 84.0 Å². The van der Waals surface area contributed by atoms with Crippen molar-refractivity contribution in [1.29, 1.82) is 0 Å². The number of hydrogen-bond acceptors (Lipinski definition) is 4. The molecule has 0 bridgehead atoms. The average molecular weight is 441 g/mol. The van der Waals surface area contributed by atoms with E-state index in [4.69, 9.17) is 9.84 Å². The van der Waals surface area contributed by atoms with Gasteiger partial charge in [-0.2, -0.15) is 0 Å². The number of allylic oxidation sites excluding steroid dienone is 4. The molecular formula is C25H46NO5+. The number of carboxylic acids is 1. The Morgan fingerprint density at radius 3 is 2.06 bits per heavy atom. The van der Waals surface area contributed by atoms with E-state index in [0.29, 0.717) is 17.4 Å². The van der Waals surface area contributed by atoms with E-state index < -0.39 is 24.1 Å². The van der Waals surface area contributed by atoms with Gasteiger partial charge in [-0.15, -0.1) is 0 Å². The van der Waals surface area contributed by atoms with Crippen molar-refractivity contribution >= 4 is 11.9 Å². The number of carboxylic acid groups (broad SMARTS) is 1. The van der Waals surface area contributed by atoms with Gasteiger partial charge in [0.2, 0.25) is 0 Å². The molecule has 0 rings (SSSR count). The summed E-state index contributed by atoms with van der Waals surface area (Å²) in [7, 11) is 5.74. The summed E-state index contributed by atoms with van der Waals surface area (Å²) >= 11 is 0. The molecule has 2 unspecified atom stereocenters. The monoisotopic (exact) mass is 440 g/mol. The van der Waals surface area contributed by atoms with Crippen LogP contribution in [0.2, 0.25) is 0 Å². The fraction of sp³-hybridized carbons (Fsp3) is 0.760. The van der Waals surface area contributed by atoms with Crippen LogP contribution in [0.4, 0.5) is 0 Å². The molecule has 0 heterocycles. The maximum Gasteiger partial charge on any atom is 0.308 e. The van der Waals surface area contributed by atoms with Gasteiger partial charge in [-0.1, -0.05) is 56.9 Å². The van der Waals surface area contributed by atoms with E-state index in [2.05, 4.69) is 31.2 Å². The van der Waals surface area contributed by atoms with Gasteiger partial charge in [0.05, 0.1) is 40.1 Å². The predicted octanol–water partition coefficient (Wildman–Crippen LogP) is 4.86. The lowest BCUT2D eigenvalue weighted by atomic mass is 10.1. The highest BCUT2D eigenvalue weighted by Gasteiger charge is 2.25. The zero-order valence-corrected chi connectivity index (χ0v) is 20.2. The van der Waals surface area contributed by atoms with Crippen LogP contribution in [0.5, 0.6) is 0 Å². The Labute approximate surface area is 189 Å². The number of rotatable bonds is 19. The van der Waals surface area contributed by atoms with Crippen LogP contribution in [0.3, 0.4) is 0 Å². The van der Waals surface area contributed by atoms with Gasteiger partial charge in [0, 0.05) is 0 Å². The lowest BCUT2D eigenvalue weighted by Gasteiger charge is -2.28. The van der Waals surface area contributed by atoms with Gasteiger partial charge in [-0.3, -0.25) is 9.59 Å². The van der Waals surface area contributed by atoms with Crippen molar-refractivity contribution in [2.45, 2.75) is 96.2 Å². The minimum absolute atomic E-state index is 0.0856. The standard InChI is InChI=1S/C25H45NO5/c1-5-6-7-8-9-10-11-12-13-14-15-16-17-18-22(27)19-25(30)31-23(20-24(28)29)21-26(2,3)4/h9-10,12-13,22-23,27H,5-8,11,14-21H2,1-4H3/p+1/b10-9-,13-12-. The highest BCUT2D eigenvalue weighted by molar-refractivity contribution is 5.71. The van der Waals surface area contributed by atoms with E-state index in [0.717, 1.165) is 32.1 Å². The SMILES string of the molecule is CCCCC/C=C\C/C=C\CCCCCC(O)CC(=O)OC(CC(=O)O)C[N+](C)(C)C. The summed E-state index contributed by atoms with van der Waals surface area (Å²) in [5.41, 5.74) is 0. The van der Waals surface area contributed by atoms with Gasteiger partial charge in [-0.05, 0) is 38.5 Å². The molecule has 2 N–H and O–H groups in total. The van der Waals surface area contributed by atoms with Gasteiger partial charge in [0.15, 0.2) is 6.10 Å². The van der Waals surface area contributed by atoms with E-state index in [1.807, 2.05) is 21.1 Å². The summed E-state index contributed by atoms with van der Waals surface area (Å²) < 4.78 is 5.81. The number of aliphatic hydroxyl groups is 1. The van der Waals surface area contributed by atoms with Gasteiger partial charge in [0.25, 0.3) is 0 Å². The van der Waals surface area contributed by atoms with E-state index in [-0.39, 0.29) is 12.8 Å². The van der Waals surface area contributed by atoms with E-state index in [1.54, 1.807) is 0 Å². The molecule has 0 aromatic carbocycles. The molecule has 0 spiro atoms. The molecule has 0 aliphatic rings. The molecule has 6 heteroatoms. The summed E-state index contributed by atoms with van der Waals surface area (Å²) in [4.78, 5) is 23.1. The van der Waals surface area contributed by atoms with E-state index >= 15 is 0 Å². The van der Waals surface area contributed by atoms with Crippen molar-refractivity contribution < 1.29 is 29.0 Å². The van der Waals surface area contributed by atoms with Crippen molar-refractivity contribution in [3.05, 3.63) is 24.3 Å². The smallest absolute Gasteiger partial charge is 0.308 e. The first-order chi connectivity index (χ1) is 14.6. The number of aliphatic hydroxyl groups excluding tert-OH is 1. The molecule has 0 aliphatic heterocycles. The summed E-state index contributed by atoms with van der Waals surface area (Å²) in [6, 6.07) is 0. The zero-order valence-electron chi connectivity index (χ0n) is 20.2. The first-order valence-corrected chi connectivity index (χ1v) is 11.8. The highest BCUT2D eigenvalue weighted by Crippen LogP contribution is 2.12. The maximum atomic E-state index is 12.1. The van der Waals surface area contributed by atoms with Crippen molar-refractivity contribution in [1.82, 2.24) is 0 Å². The highest BCUT2D eigenvalue weighted by atomic mass is 16.5. The number of nitrogens with zero attached hydrogens (tertiary/aromatic N) is 1. The molecule has 180 valence electrons. The average Bonchev–Trinajstić information content (AvgIpc) is 2.63. The molecule has 31 heavy (non-hydrogen) atoms. The molecule has 0 radical (unpaired) electrons. The fourth-order valence-corrected chi connectivity index (χ4v) is 3.32. The third-order valence-electron chi connectivity index (χ3n) is 4.84. The van der Waals surface area contributed by atoms with E-state index in [1.165, 1.54) is 25.7 Å². The number of unbranched alkanes of at least 4 members (excludes halogenated alkanes) is 6. The number of ether oxygens (including phenoxy) is 1. The summed E-state index contributed by atoms with van der Waals surface area (Å²) in [6.07, 6.45) is 17.7. The summed E-state index contributed by atoms with van der Waals surface area (Å²) in [5.74, 6) is -1.53. The maximum absolute atomic E-state index is 12.1. The molecule has 6 nitrogen and oxygen atoms in total. The first-order valence-electron chi connectivity index (χ1n) is 11.8. The lowest BCUT2D eigenvalue weighted by Crippen LogP contribution is -2.44. The molecule has 2 atom stereocenters. The number of hydrogen-bond donors (Lipinski definition) is 2. The molecule has 0 fully saturated rings. The number of quaternary nitrogens is 1. The van der Waals surface area contributed by atoms with Crippen LogP contribution in [0, 0.1) is 0 Å². The number of likely N-dealkylation sites (N-methyl/N-ethyl adjacent to an activating group) is 1. The van der Waals surface area contributed by atoms with Crippen LogP contribution in [-0.4, -0.2) is 66.5 Å². The summed E-state index contributed by atoms with van der Waals surface area (Å²) in [5, 5.41) is 19.1. The molecule has 0 saturated carbocycles. The van der Waals surface area contributed by atoms with Gasteiger partial charge in [-0.25, -0.2) is 0 Å². The number of esters is 1. The third kappa shape index (κ3) is 21.4. The number of carbonyl (C=O) groups excluding carboxylic acids is 1. The van der Waals surface area contributed by atoms with Crippen LogP contribution < -0.4 is 0 Å². The van der Waals surface area contributed by atoms with Crippen LogP contribution in [0.15, 0.2) is 24.3 Å². The number of carbonyl (C=O) groups is 2. The summed E-state index contributed by atoms with van der Waals surface area (Å²) in [6.45, 7) is 2.63.